The van der Waals surface area contributed by atoms with Crippen LogP contribution in [0.5, 0.6) is 0 Å². The zero-order valence-corrected chi connectivity index (χ0v) is 26.2. The number of hydrogen-bond donors (Lipinski definition) is 1. The number of ether oxygens (including phenoxy) is 1. The molecular formula is C32H33ClF2N6O4. The van der Waals surface area contributed by atoms with Crippen LogP contribution in [0.25, 0.3) is 22.0 Å². The Bertz CT molecular complexity index is 1900. The Kier molecular flexibility index (Phi) is 7.80. The van der Waals surface area contributed by atoms with Crippen LogP contribution in [0, 0.1) is 11.6 Å². The number of carbonyl (C=O) groups is 2. The summed E-state index contributed by atoms with van der Waals surface area (Å²) in [6.45, 7) is 5.79. The van der Waals surface area contributed by atoms with Crippen molar-refractivity contribution in [2.24, 2.45) is 7.05 Å². The van der Waals surface area contributed by atoms with Crippen LogP contribution in [0.1, 0.15) is 45.6 Å². The minimum Gasteiger partial charge on any atom is -0.443 e. The van der Waals surface area contributed by atoms with E-state index in [4.69, 9.17) is 16.3 Å². The Morgan fingerprint density at radius 1 is 1.04 bits per heavy atom. The van der Waals surface area contributed by atoms with Crippen LogP contribution in [-0.4, -0.2) is 51.1 Å². The number of benzene rings is 1. The van der Waals surface area contributed by atoms with Gasteiger partial charge in [-0.15, -0.1) is 11.6 Å². The number of amides is 2. The Balaban J connectivity index is 1.63. The van der Waals surface area contributed by atoms with Crippen molar-refractivity contribution in [1.29, 1.82) is 0 Å². The van der Waals surface area contributed by atoms with Crippen LogP contribution in [0.15, 0.2) is 41.6 Å². The number of hydrogen-bond acceptors (Lipinski definition) is 6. The van der Waals surface area contributed by atoms with E-state index in [1.165, 1.54) is 9.47 Å². The average molecular weight is 639 g/mol. The van der Waals surface area contributed by atoms with Gasteiger partial charge in [0.25, 0.3) is 5.56 Å². The molecular weight excluding hydrogens is 606 g/mol. The molecule has 10 nitrogen and oxygen atoms in total. The number of unbranched alkanes of at least 4 members (excludes halogenated alkanes) is 1. The van der Waals surface area contributed by atoms with Crippen molar-refractivity contribution in [1.82, 2.24) is 14.5 Å². The molecule has 3 aromatic heterocycles. The van der Waals surface area contributed by atoms with E-state index in [0.717, 1.165) is 12.3 Å². The summed E-state index contributed by atoms with van der Waals surface area (Å²) >= 11 is 5.86. The summed E-state index contributed by atoms with van der Waals surface area (Å²) in [5, 5.41) is 0.637. The van der Waals surface area contributed by atoms with E-state index in [9.17, 15) is 18.8 Å². The minimum absolute atomic E-state index is 0.0843. The second-order valence-electron chi connectivity index (χ2n) is 12.2. The standard InChI is InChI=1S/C32H33ClF2N6O4/c1-32(2,3)45-31(44)40-10-9-39(26(42)7-5-6-8-33)25-13-23-20(12-24(25)40)21-17-38(4)30(43)28-27(21)18(14-36-28)16-41(23)29-22(35)11-19(34)15-37-29/h11-15,17,36H,5-10,16H2,1-4H3. The van der Waals surface area contributed by atoms with Gasteiger partial charge in [0, 0.05) is 67.4 Å². The lowest BCUT2D eigenvalue weighted by Crippen LogP contribution is -2.48. The van der Waals surface area contributed by atoms with Gasteiger partial charge in [0.2, 0.25) is 5.91 Å². The maximum atomic E-state index is 15.4. The molecule has 236 valence electrons. The summed E-state index contributed by atoms with van der Waals surface area (Å²) in [7, 11) is 1.63. The molecule has 0 atom stereocenters. The summed E-state index contributed by atoms with van der Waals surface area (Å²) in [5.41, 5.74) is 2.57. The van der Waals surface area contributed by atoms with Gasteiger partial charge in [-0.1, -0.05) is 0 Å². The maximum absolute atomic E-state index is 15.4. The molecule has 0 bridgehead atoms. The van der Waals surface area contributed by atoms with Crippen LogP contribution < -0.4 is 20.3 Å². The largest absolute Gasteiger partial charge is 0.443 e. The van der Waals surface area contributed by atoms with E-state index in [1.807, 2.05) is 0 Å². The number of halogens is 3. The SMILES string of the molecule is Cn1cc2c3c(c[nH]c3c1=O)CN(c1ncc(F)cc1F)c1cc3c(cc1-2)N(C(=O)OC(C)(C)C)CCN3C(=O)CCCCCl. The van der Waals surface area contributed by atoms with E-state index >= 15 is 4.39 Å². The summed E-state index contributed by atoms with van der Waals surface area (Å²) in [4.78, 5) is 52.1. The smallest absolute Gasteiger partial charge is 0.414 e. The highest BCUT2D eigenvalue weighted by Gasteiger charge is 2.36. The normalized spacial score (nSPS) is 14.3. The number of aromatic amines is 1. The van der Waals surface area contributed by atoms with Gasteiger partial charge < -0.3 is 24.1 Å². The predicted molar refractivity (Wildman–Crippen MR) is 169 cm³/mol. The molecule has 2 aliphatic rings. The van der Waals surface area contributed by atoms with Gasteiger partial charge in [0.1, 0.15) is 16.9 Å². The first-order valence-electron chi connectivity index (χ1n) is 14.7. The summed E-state index contributed by atoms with van der Waals surface area (Å²) in [6.07, 6.45) is 5.26. The number of pyridine rings is 2. The van der Waals surface area contributed by atoms with Crippen molar-refractivity contribution < 1.29 is 23.1 Å². The molecule has 4 aromatic rings. The summed E-state index contributed by atoms with van der Waals surface area (Å²) < 4.78 is 36.6. The number of aryl methyl sites for hydroxylation is 1. The van der Waals surface area contributed by atoms with Crippen molar-refractivity contribution in [3.63, 3.8) is 0 Å². The first-order valence-corrected chi connectivity index (χ1v) is 15.2. The number of alkyl halides is 1. The van der Waals surface area contributed by atoms with Crippen molar-refractivity contribution in [3.8, 4) is 11.1 Å². The van der Waals surface area contributed by atoms with Gasteiger partial charge in [-0.25, -0.2) is 18.6 Å². The number of aromatic nitrogens is 3. The Morgan fingerprint density at radius 3 is 2.49 bits per heavy atom. The lowest BCUT2D eigenvalue weighted by Gasteiger charge is -2.38. The van der Waals surface area contributed by atoms with Crippen molar-refractivity contribution in [2.45, 2.75) is 52.2 Å². The third-order valence-corrected chi connectivity index (χ3v) is 8.22. The first-order chi connectivity index (χ1) is 21.4. The van der Waals surface area contributed by atoms with Gasteiger partial charge in [-0.3, -0.25) is 14.5 Å². The highest BCUT2D eigenvalue weighted by molar-refractivity contribution is 6.17. The third kappa shape index (κ3) is 5.52. The lowest BCUT2D eigenvalue weighted by molar-refractivity contribution is -0.118. The molecule has 45 heavy (non-hydrogen) atoms. The Morgan fingerprint density at radius 2 is 1.78 bits per heavy atom. The van der Waals surface area contributed by atoms with E-state index in [2.05, 4.69) is 9.97 Å². The number of fused-ring (bicyclic) bond motifs is 3. The van der Waals surface area contributed by atoms with Gasteiger partial charge >= 0.3 is 6.09 Å². The number of carbonyl (C=O) groups excluding carboxylic acids is 2. The number of rotatable bonds is 5. The fourth-order valence-electron chi connectivity index (χ4n) is 5.96. The van der Waals surface area contributed by atoms with Crippen LogP contribution in [0.2, 0.25) is 0 Å². The topological polar surface area (TPSA) is 104 Å². The molecule has 6 rings (SSSR count). The monoisotopic (exact) mass is 638 g/mol. The van der Waals surface area contributed by atoms with Crippen molar-refractivity contribution >= 4 is 57.4 Å². The molecule has 2 aliphatic heterocycles. The molecule has 5 heterocycles. The Hall–Kier alpha value is -4.45. The van der Waals surface area contributed by atoms with Crippen LogP contribution in [-0.2, 0) is 23.1 Å². The molecule has 1 N–H and O–H groups in total. The van der Waals surface area contributed by atoms with Gasteiger partial charge in [-0.05, 0) is 51.3 Å². The lowest BCUT2D eigenvalue weighted by atomic mass is 9.98. The van der Waals surface area contributed by atoms with E-state index in [0.29, 0.717) is 63.4 Å². The van der Waals surface area contributed by atoms with E-state index in [-0.39, 0.29) is 43.3 Å². The predicted octanol–water partition coefficient (Wildman–Crippen LogP) is 6.36. The van der Waals surface area contributed by atoms with E-state index in [1.54, 1.807) is 62.1 Å². The quantitative estimate of drug-likeness (QED) is 0.202. The number of nitrogens with one attached hydrogen (secondary N) is 1. The van der Waals surface area contributed by atoms with Gasteiger partial charge in [0.05, 0.1) is 29.8 Å². The second-order valence-corrected chi connectivity index (χ2v) is 12.6. The fourth-order valence-corrected chi connectivity index (χ4v) is 6.15. The number of H-pyrrole nitrogens is 1. The summed E-state index contributed by atoms with van der Waals surface area (Å²) in [5.74, 6) is -1.55. The molecule has 13 heteroatoms. The highest BCUT2D eigenvalue weighted by Crippen LogP contribution is 2.49. The van der Waals surface area contributed by atoms with Crippen molar-refractivity contribution in [3.05, 3.63) is 64.3 Å². The van der Waals surface area contributed by atoms with Crippen molar-refractivity contribution in [2.75, 3.05) is 33.7 Å². The first kappa shape index (κ1) is 30.6. The molecule has 1 aromatic carbocycles. The second kappa shape index (κ2) is 11.5. The Labute approximate surface area is 263 Å². The fraction of sp³-hybridized carbons (Fsp3) is 0.375. The number of anilines is 4. The van der Waals surface area contributed by atoms with Crippen LogP contribution in [0.4, 0.5) is 36.5 Å². The molecule has 0 unspecified atom stereocenters. The molecule has 2 amide bonds. The zero-order chi connectivity index (χ0) is 32.2. The molecule has 0 aliphatic carbocycles. The summed E-state index contributed by atoms with van der Waals surface area (Å²) in [6, 6.07) is 4.26. The maximum Gasteiger partial charge on any atom is 0.414 e. The minimum atomic E-state index is -0.879. The van der Waals surface area contributed by atoms with Gasteiger partial charge in [0.15, 0.2) is 11.6 Å². The van der Waals surface area contributed by atoms with Gasteiger partial charge in [-0.2, -0.15) is 0 Å². The average Bonchev–Trinajstić information content (AvgIpc) is 3.34. The van der Waals surface area contributed by atoms with E-state index < -0.39 is 23.3 Å². The molecule has 0 saturated heterocycles. The molecule has 0 fully saturated rings. The van der Waals surface area contributed by atoms with Crippen LogP contribution >= 0.6 is 11.6 Å². The van der Waals surface area contributed by atoms with Crippen LogP contribution in [0.3, 0.4) is 0 Å². The molecule has 0 spiro atoms. The highest BCUT2D eigenvalue weighted by atomic mass is 35.5. The third-order valence-electron chi connectivity index (χ3n) is 7.95. The zero-order valence-electron chi connectivity index (χ0n) is 25.4. The molecule has 0 saturated carbocycles. The number of nitrogens with zero attached hydrogens (tertiary/aromatic N) is 5. The molecule has 0 radical (unpaired) electrons.